The Balaban J connectivity index is 2.25. The molecule has 0 bridgehead atoms. The van der Waals surface area contributed by atoms with Gasteiger partial charge in [-0.2, -0.15) is 0 Å². The second-order valence-electron chi connectivity index (χ2n) is 3.27. The van der Waals surface area contributed by atoms with Crippen molar-refractivity contribution in [2.45, 2.75) is 4.34 Å². The summed E-state index contributed by atoms with van der Waals surface area (Å²) in [6.07, 6.45) is 2.00. The smallest absolute Gasteiger partial charge is 0.337 e. The first kappa shape index (κ1) is 12.1. The van der Waals surface area contributed by atoms with E-state index in [9.17, 15) is 4.79 Å². The minimum absolute atomic E-state index is 0.320. The summed E-state index contributed by atoms with van der Waals surface area (Å²) in [5.74, 6) is -0.320. The lowest BCUT2D eigenvalue weighted by molar-refractivity contribution is 0.0601. The predicted octanol–water partition coefficient (Wildman–Crippen LogP) is 3.32. The van der Waals surface area contributed by atoms with E-state index in [0.717, 1.165) is 15.6 Å². The number of nitrogens with zero attached hydrogens (tertiary/aromatic N) is 1. The van der Waals surface area contributed by atoms with Crippen LogP contribution in [0, 0.1) is 0 Å². The Bertz CT molecular complexity index is 520. The maximum absolute atomic E-state index is 11.3. The van der Waals surface area contributed by atoms with Gasteiger partial charge in [0.15, 0.2) is 0 Å². The molecule has 0 atom stereocenters. The van der Waals surface area contributed by atoms with Gasteiger partial charge in [0.2, 0.25) is 0 Å². The average molecular weight is 265 g/mol. The van der Waals surface area contributed by atoms with Gasteiger partial charge in [-0.05, 0) is 18.4 Å². The van der Waals surface area contributed by atoms with Crippen molar-refractivity contribution in [3.8, 4) is 11.3 Å². The van der Waals surface area contributed by atoms with Gasteiger partial charge in [-0.1, -0.05) is 23.9 Å². The maximum atomic E-state index is 11.3. The zero-order chi connectivity index (χ0) is 12.3. The Morgan fingerprint density at radius 2 is 2.06 bits per heavy atom. The number of esters is 1. The van der Waals surface area contributed by atoms with Gasteiger partial charge in [0.1, 0.15) is 4.34 Å². The monoisotopic (exact) mass is 265 g/mol. The van der Waals surface area contributed by atoms with Crippen LogP contribution >= 0.6 is 23.1 Å². The zero-order valence-corrected chi connectivity index (χ0v) is 11.1. The quantitative estimate of drug-likeness (QED) is 0.630. The van der Waals surface area contributed by atoms with E-state index in [4.69, 9.17) is 0 Å². The zero-order valence-electron chi connectivity index (χ0n) is 9.47. The number of carbonyl (C=O) groups excluding carboxylic acids is 1. The van der Waals surface area contributed by atoms with Crippen LogP contribution in [0.1, 0.15) is 10.4 Å². The van der Waals surface area contributed by atoms with Crippen molar-refractivity contribution in [3.63, 3.8) is 0 Å². The van der Waals surface area contributed by atoms with Crippen LogP contribution in [0.4, 0.5) is 0 Å². The largest absolute Gasteiger partial charge is 0.465 e. The minimum atomic E-state index is -0.320. The highest BCUT2D eigenvalue weighted by Gasteiger charge is 2.07. The number of thiazole rings is 1. The van der Waals surface area contributed by atoms with E-state index in [1.165, 1.54) is 7.11 Å². The Kier molecular flexibility index (Phi) is 3.81. The normalized spacial score (nSPS) is 10.2. The first-order valence-electron chi connectivity index (χ1n) is 4.93. The molecule has 2 rings (SSSR count). The molecular weight excluding hydrogens is 254 g/mol. The third-order valence-corrected chi connectivity index (χ3v) is 4.12. The maximum Gasteiger partial charge on any atom is 0.337 e. The summed E-state index contributed by atoms with van der Waals surface area (Å²) in [6, 6.07) is 7.26. The van der Waals surface area contributed by atoms with E-state index in [0.29, 0.717) is 5.56 Å². The third kappa shape index (κ3) is 2.68. The number of thioether (sulfide) groups is 1. The lowest BCUT2D eigenvalue weighted by Gasteiger charge is -2.00. The van der Waals surface area contributed by atoms with Crippen molar-refractivity contribution in [3.05, 3.63) is 35.2 Å². The number of hydrogen-bond acceptors (Lipinski definition) is 5. The van der Waals surface area contributed by atoms with Gasteiger partial charge in [-0.25, -0.2) is 9.78 Å². The van der Waals surface area contributed by atoms with Gasteiger partial charge >= 0.3 is 5.97 Å². The van der Waals surface area contributed by atoms with E-state index >= 15 is 0 Å². The van der Waals surface area contributed by atoms with Crippen molar-refractivity contribution in [1.82, 2.24) is 4.98 Å². The van der Waals surface area contributed by atoms with Crippen LogP contribution in [0.3, 0.4) is 0 Å². The molecule has 0 aliphatic heterocycles. The highest BCUT2D eigenvalue weighted by molar-refractivity contribution is 8.00. The first-order valence-corrected chi connectivity index (χ1v) is 7.03. The molecular formula is C12H11NO2S2. The molecule has 0 radical (unpaired) electrons. The molecule has 0 N–H and O–H groups in total. The summed E-state index contributed by atoms with van der Waals surface area (Å²) in [5, 5.41) is 2.01. The molecule has 0 aliphatic rings. The highest BCUT2D eigenvalue weighted by Crippen LogP contribution is 2.26. The topological polar surface area (TPSA) is 39.2 Å². The summed E-state index contributed by atoms with van der Waals surface area (Å²) < 4.78 is 5.69. The van der Waals surface area contributed by atoms with Crippen LogP contribution in [0.25, 0.3) is 11.3 Å². The fourth-order valence-corrected chi connectivity index (χ4v) is 2.65. The first-order chi connectivity index (χ1) is 8.24. The molecule has 0 unspecified atom stereocenters. The highest BCUT2D eigenvalue weighted by atomic mass is 32.2. The van der Waals surface area contributed by atoms with Crippen molar-refractivity contribution in [1.29, 1.82) is 0 Å². The lowest BCUT2D eigenvalue weighted by Crippen LogP contribution is -2.00. The van der Waals surface area contributed by atoms with Gasteiger partial charge in [0.25, 0.3) is 0 Å². The standard InChI is InChI=1S/C12H11NO2S2/c1-15-11(14)9-5-3-8(4-6-9)10-7-17-12(13-10)16-2/h3-7H,1-2H3. The van der Waals surface area contributed by atoms with Crippen molar-refractivity contribution < 1.29 is 9.53 Å². The van der Waals surface area contributed by atoms with Crippen molar-refractivity contribution >= 4 is 29.1 Å². The summed E-state index contributed by atoms with van der Waals surface area (Å²) in [4.78, 5) is 15.7. The van der Waals surface area contributed by atoms with E-state index in [1.54, 1.807) is 35.2 Å². The van der Waals surface area contributed by atoms with Gasteiger partial charge in [0.05, 0.1) is 18.4 Å². The Labute approximate surface area is 108 Å². The summed E-state index contributed by atoms with van der Waals surface area (Å²) in [5.41, 5.74) is 2.50. The van der Waals surface area contributed by atoms with Crippen LogP contribution in [0.5, 0.6) is 0 Å². The molecule has 1 heterocycles. The van der Waals surface area contributed by atoms with E-state index in [1.807, 2.05) is 23.8 Å². The molecule has 88 valence electrons. The molecule has 1 aromatic heterocycles. The van der Waals surface area contributed by atoms with Crippen LogP contribution in [-0.4, -0.2) is 24.3 Å². The average Bonchev–Trinajstić information content (AvgIpc) is 2.87. The Morgan fingerprint density at radius 1 is 1.35 bits per heavy atom. The van der Waals surface area contributed by atoms with E-state index in [-0.39, 0.29) is 5.97 Å². The summed E-state index contributed by atoms with van der Waals surface area (Å²) in [6.45, 7) is 0. The van der Waals surface area contributed by atoms with Gasteiger partial charge in [-0.3, -0.25) is 0 Å². The fourth-order valence-electron chi connectivity index (χ4n) is 1.38. The van der Waals surface area contributed by atoms with E-state index in [2.05, 4.69) is 9.72 Å². The fraction of sp³-hybridized carbons (Fsp3) is 0.167. The van der Waals surface area contributed by atoms with Gasteiger partial charge in [0, 0.05) is 10.9 Å². The Hall–Kier alpha value is -1.33. The molecule has 0 amide bonds. The number of methoxy groups -OCH3 is 1. The lowest BCUT2D eigenvalue weighted by atomic mass is 10.1. The van der Waals surface area contributed by atoms with Crippen LogP contribution < -0.4 is 0 Å². The molecule has 3 nitrogen and oxygen atoms in total. The number of carbonyl (C=O) groups is 1. The molecule has 0 saturated carbocycles. The molecule has 0 fully saturated rings. The minimum Gasteiger partial charge on any atom is -0.465 e. The molecule has 2 aromatic rings. The number of aromatic nitrogens is 1. The number of ether oxygens (including phenoxy) is 1. The molecule has 5 heteroatoms. The second-order valence-corrected chi connectivity index (χ2v) is 5.18. The number of benzene rings is 1. The SMILES string of the molecule is COC(=O)c1ccc(-c2csc(SC)n2)cc1. The van der Waals surface area contributed by atoms with E-state index < -0.39 is 0 Å². The van der Waals surface area contributed by atoms with Crippen LogP contribution in [-0.2, 0) is 4.74 Å². The number of rotatable bonds is 3. The van der Waals surface area contributed by atoms with Crippen molar-refractivity contribution in [2.75, 3.05) is 13.4 Å². The predicted molar refractivity (Wildman–Crippen MR) is 70.7 cm³/mol. The Morgan fingerprint density at radius 3 is 2.59 bits per heavy atom. The van der Waals surface area contributed by atoms with Gasteiger partial charge < -0.3 is 4.74 Å². The number of hydrogen-bond donors (Lipinski definition) is 0. The molecule has 17 heavy (non-hydrogen) atoms. The van der Waals surface area contributed by atoms with Gasteiger partial charge in [-0.15, -0.1) is 11.3 Å². The molecule has 1 aromatic carbocycles. The second kappa shape index (κ2) is 5.33. The third-order valence-electron chi connectivity index (χ3n) is 2.26. The summed E-state index contributed by atoms with van der Waals surface area (Å²) in [7, 11) is 1.38. The van der Waals surface area contributed by atoms with Crippen molar-refractivity contribution in [2.24, 2.45) is 0 Å². The molecule has 0 spiro atoms. The summed E-state index contributed by atoms with van der Waals surface area (Å²) >= 11 is 3.25. The molecule has 0 aliphatic carbocycles. The van der Waals surface area contributed by atoms with Crippen LogP contribution in [0.2, 0.25) is 0 Å². The molecule has 0 saturated heterocycles. The van der Waals surface area contributed by atoms with Crippen LogP contribution in [0.15, 0.2) is 34.0 Å².